The summed E-state index contributed by atoms with van der Waals surface area (Å²) in [7, 11) is -1.70. The summed E-state index contributed by atoms with van der Waals surface area (Å²) in [6, 6.07) is 5.03. The molecule has 9 heteroatoms. The van der Waals surface area contributed by atoms with Crippen molar-refractivity contribution in [2.45, 2.75) is 55.4 Å². The number of carbonyl (C=O) groups excluding carboxylic acids is 1. The van der Waals surface area contributed by atoms with Crippen molar-refractivity contribution in [2.75, 3.05) is 26.3 Å². The first-order chi connectivity index (χ1) is 15.3. The third-order valence-electron chi connectivity index (χ3n) is 7.15. The topological polar surface area (TPSA) is 80.6 Å². The summed E-state index contributed by atoms with van der Waals surface area (Å²) < 4.78 is 36.5. The van der Waals surface area contributed by atoms with E-state index in [-0.39, 0.29) is 22.8 Å². The van der Waals surface area contributed by atoms with Gasteiger partial charge in [0.15, 0.2) is 0 Å². The van der Waals surface area contributed by atoms with Crippen LogP contribution in [0.5, 0.6) is 0 Å². The Labute approximate surface area is 194 Å². The van der Waals surface area contributed by atoms with Gasteiger partial charge in [0, 0.05) is 49.1 Å². The minimum absolute atomic E-state index is 0.0171. The Balaban J connectivity index is 1.26. The molecule has 2 heterocycles. The molecule has 5 rings (SSSR count). The van der Waals surface area contributed by atoms with Crippen molar-refractivity contribution in [1.82, 2.24) is 14.2 Å². The summed E-state index contributed by atoms with van der Waals surface area (Å²) in [4.78, 5) is 14.9. The van der Waals surface area contributed by atoms with Crippen molar-refractivity contribution in [2.24, 2.45) is 13.0 Å². The molecule has 1 amide bonds. The molecule has 1 aromatic carbocycles. The van der Waals surface area contributed by atoms with Gasteiger partial charge in [0.05, 0.1) is 28.6 Å². The molecular weight excluding hydrogens is 450 g/mol. The molecule has 0 radical (unpaired) electrons. The lowest BCUT2D eigenvalue weighted by Crippen LogP contribution is -2.46. The number of sulfonamides is 1. The van der Waals surface area contributed by atoms with Crippen molar-refractivity contribution in [3.63, 3.8) is 0 Å². The first-order valence-electron chi connectivity index (χ1n) is 11.5. The fraction of sp³-hybridized carbons (Fsp3) is 0.609. The third-order valence-corrected chi connectivity index (χ3v) is 9.06. The summed E-state index contributed by atoms with van der Waals surface area (Å²) in [5, 5.41) is 1.64. The number of nitrogens with zero attached hydrogens (tertiary/aromatic N) is 2. The highest BCUT2D eigenvalue weighted by atomic mass is 35.5. The molecular formula is C23H30ClN3O4S. The predicted molar refractivity (Wildman–Crippen MR) is 123 cm³/mol. The zero-order valence-electron chi connectivity index (χ0n) is 18.3. The highest BCUT2D eigenvalue weighted by molar-refractivity contribution is 7.89. The van der Waals surface area contributed by atoms with Gasteiger partial charge in [0.1, 0.15) is 0 Å². The molecule has 1 aliphatic heterocycles. The zero-order chi connectivity index (χ0) is 22.5. The molecule has 7 nitrogen and oxygen atoms in total. The van der Waals surface area contributed by atoms with Gasteiger partial charge in [-0.15, -0.1) is 0 Å². The number of halogens is 1. The Kier molecular flexibility index (Phi) is 5.99. The molecule has 0 spiro atoms. The Morgan fingerprint density at radius 1 is 1.09 bits per heavy atom. The predicted octanol–water partition coefficient (Wildman–Crippen LogP) is 3.41. The second-order valence-electron chi connectivity index (χ2n) is 9.32. The van der Waals surface area contributed by atoms with Gasteiger partial charge in [0.25, 0.3) is 0 Å². The number of morpholine rings is 1. The van der Waals surface area contributed by atoms with Gasteiger partial charge in [-0.1, -0.05) is 11.6 Å². The van der Waals surface area contributed by atoms with E-state index in [0.29, 0.717) is 57.9 Å². The average molecular weight is 480 g/mol. The molecule has 0 bridgehead atoms. The standard InChI is InChI=1S/C23H30ClN3O4S/c1-26-20-14-18(8-9-19(20)21(24)22(26)15-2-3-15)32(29,30)25-17-6-4-16(5-7-17)23(28)27-10-12-31-13-11-27/h8-9,14-17,25H,2-7,10-13H2,1H3/t16-,17-. The van der Waals surface area contributed by atoms with Crippen LogP contribution in [0.1, 0.15) is 50.1 Å². The highest BCUT2D eigenvalue weighted by Gasteiger charge is 2.33. The molecule has 174 valence electrons. The normalized spacial score (nSPS) is 24.8. The number of aryl methyl sites for hydroxylation is 1. The number of aromatic nitrogens is 1. The van der Waals surface area contributed by atoms with Crippen molar-refractivity contribution < 1.29 is 17.9 Å². The van der Waals surface area contributed by atoms with Gasteiger partial charge in [-0.25, -0.2) is 13.1 Å². The van der Waals surface area contributed by atoms with Gasteiger partial charge < -0.3 is 14.2 Å². The minimum Gasteiger partial charge on any atom is -0.378 e. The van der Waals surface area contributed by atoms with Gasteiger partial charge in [0.2, 0.25) is 15.9 Å². The van der Waals surface area contributed by atoms with Crippen LogP contribution in [0.25, 0.3) is 10.9 Å². The molecule has 32 heavy (non-hydrogen) atoms. The monoisotopic (exact) mass is 479 g/mol. The number of nitrogens with one attached hydrogen (secondary N) is 1. The number of hydrogen-bond acceptors (Lipinski definition) is 4. The summed E-state index contributed by atoms with van der Waals surface area (Å²) in [6.45, 7) is 2.50. The van der Waals surface area contributed by atoms with Gasteiger partial charge in [-0.05, 0) is 56.7 Å². The fourth-order valence-corrected chi connectivity index (χ4v) is 6.92. The number of rotatable bonds is 5. The summed E-state index contributed by atoms with van der Waals surface area (Å²) in [5.74, 6) is 0.650. The second-order valence-corrected chi connectivity index (χ2v) is 11.4. The van der Waals surface area contributed by atoms with E-state index in [9.17, 15) is 13.2 Å². The number of carbonyl (C=O) groups is 1. The number of hydrogen-bond donors (Lipinski definition) is 1. The van der Waals surface area contributed by atoms with Crippen LogP contribution in [0.15, 0.2) is 23.1 Å². The maximum Gasteiger partial charge on any atom is 0.240 e. The quantitative estimate of drug-likeness (QED) is 0.712. The lowest BCUT2D eigenvalue weighted by Gasteiger charge is -2.34. The van der Waals surface area contributed by atoms with Crippen molar-refractivity contribution in [3.8, 4) is 0 Å². The SMILES string of the molecule is Cn1c(C2CC2)c(Cl)c2ccc(S(=O)(=O)N[C@H]3CC[C@H](C(=O)N4CCOCC4)CC3)cc21. The fourth-order valence-electron chi connectivity index (χ4n) is 5.15. The molecule has 3 aliphatic rings. The van der Waals surface area contributed by atoms with E-state index >= 15 is 0 Å². The first kappa shape index (κ1) is 22.2. The van der Waals surface area contributed by atoms with Crippen LogP contribution >= 0.6 is 11.6 Å². The average Bonchev–Trinajstić information content (AvgIpc) is 3.60. The van der Waals surface area contributed by atoms with Gasteiger partial charge in [-0.3, -0.25) is 4.79 Å². The van der Waals surface area contributed by atoms with Crippen LogP contribution in [-0.4, -0.2) is 56.1 Å². The molecule has 2 saturated carbocycles. The van der Waals surface area contributed by atoms with E-state index in [1.165, 1.54) is 0 Å². The molecule has 1 saturated heterocycles. The Bertz CT molecular complexity index is 1130. The van der Waals surface area contributed by atoms with E-state index in [1.807, 2.05) is 22.6 Å². The Morgan fingerprint density at radius 2 is 1.78 bits per heavy atom. The summed E-state index contributed by atoms with van der Waals surface area (Å²) in [6.07, 6.45) is 5.02. The largest absolute Gasteiger partial charge is 0.378 e. The molecule has 2 aromatic rings. The zero-order valence-corrected chi connectivity index (χ0v) is 19.9. The third kappa shape index (κ3) is 4.18. The number of benzene rings is 1. The number of fused-ring (bicyclic) bond motifs is 1. The van der Waals surface area contributed by atoms with Crippen LogP contribution < -0.4 is 4.72 Å². The van der Waals surface area contributed by atoms with Crippen LogP contribution in [0.3, 0.4) is 0 Å². The highest BCUT2D eigenvalue weighted by Crippen LogP contribution is 2.46. The van der Waals surface area contributed by atoms with Crippen molar-refractivity contribution in [1.29, 1.82) is 0 Å². The lowest BCUT2D eigenvalue weighted by atomic mass is 9.85. The first-order valence-corrected chi connectivity index (χ1v) is 13.4. The van der Waals surface area contributed by atoms with Crippen LogP contribution in [0.4, 0.5) is 0 Å². The van der Waals surface area contributed by atoms with E-state index < -0.39 is 10.0 Å². The van der Waals surface area contributed by atoms with Gasteiger partial charge >= 0.3 is 0 Å². The number of amides is 1. The van der Waals surface area contributed by atoms with E-state index in [2.05, 4.69) is 4.72 Å². The maximum atomic E-state index is 13.1. The lowest BCUT2D eigenvalue weighted by molar-refractivity contribution is -0.140. The summed E-state index contributed by atoms with van der Waals surface area (Å²) >= 11 is 6.59. The summed E-state index contributed by atoms with van der Waals surface area (Å²) in [5.41, 5.74) is 1.95. The van der Waals surface area contributed by atoms with Crippen LogP contribution in [0.2, 0.25) is 5.02 Å². The van der Waals surface area contributed by atoms with Crippen LogP contribution in [0, 0.1) is 5.92 Å². The van der Waals surface area contributed by atoms with E-state index in [1.54, 1.807) is 12.1 Å². The van der Waals surface area contributed by atoms with Gasteiger partial charge in [-0.2, -0.15) is 0 Å². The second kappa shape index (κ2) is 8.63. The Morgan fingerprint density at radius 3 is 2.44 bits per heavy atom. The van der Waals surface area contributed by atoms with E-state index in [0.717, 1.165) is 34.5 Å². The van der Waals surface area contributed by atoms with Crippen molar-refractivity contribution >= 4 is 38.4 Å². The number of ether oxygens (including phenoxy) is 1. The molecule has 1 aromatic heterocycles. The van der Waals surface area contributed by atoms with Crippen LogP contribution in [-0.2, 0) is 26.6 Å². The maximum absolute atomic E-state index is 13.1. The van der Waals surface area contributed by atoms with E-state index in [4.69, 9.17) is 16.3 Å². The molecule has 3 fully saturated rings. The minimum atomic E-state index is -3.65. The molecule has 0 atom stereocenters. The van der Waals surface area contributed by atoms with Crippen molar-refractivity contribution in [3.05, 3.63) is 28.9 Å². The smallest absolute Gasteiger partial charge is 0.240 e. The molecule has 2 aliphatic carbocycles. The molecule has 0 unspecified atom stereocenters. The Hall–Kier alpha value is -1.61. The molecule has 1 N–H and O–H groups in total.